The van der Waals surface area contributed by atoms with Crippen molar-refractivity contribution in [3.8, 4) is 0 Å². The van der Waals surface area contributed by atoms with Crippen LogP contribution in [0.15, 0.2) is 24.3 Å². The molecule has 3 heteroatoms. The molecule has 0 heterocycles. The first-order valence-corrected chi connectivity index (χ1v) is 6.81. The number of rotatable bonds is 5. The summed E-state index contributed by atoms with van der Waals surface area (Å²) in [5.41, 5.74) is 8.31. The highest BCUT2D eigenvalue weighted by molar-refractivity contribution is 5.80. The molecule has 0 saturated carbocycles. The topological polar surface area (TPSA) is 55.1 Å². The van der Waals surface area contributed by atoms with Crippen LogP contribution in [0.4, 0.5) is 0 Å². The van der Waals surface area contributed by atoms with Gasteiger partial charge in [-0.25, -0.2) is 0 Å². The maximum atomic E-state index is 12.2. The zero-order chi connectivity index (χ0) is 13.0. The maximum Gasteiger partial charge on any atom is 0.224 e. The Morgan fingerprint density at radius 3 is 2.50 bits per heavy atom. The van der Waals surface area contributed by atoms with Gasteiger partial charge in [0.05, 0.1) is 0 Å². The van der Waals surface area contributed by atoms with Crippen molar-refractivity contribution in [2.24, 2.45) is 11.7 Å². The van der Waals surface area contributed by atoms with E-state index in [0.29, 0.717) is 6.54 Å². The number of fused-ring (bicyclic) bond motifs is 1. The Bertz CT molecular complexity index is 392. The van der Waals surface area contributed by atoms with Crippen molar-refractivity contribution in [2.45, 2.75) is 38.6 Å². The smallest absolute Gasteiger partial charge is 0.224 e. The second kappa shape index (κ2) is 6.01. The second-order valence-corrected chi connectivity index (χ2v) is 5.10. The lowest BCUT2D eigenvalue weighted by atomic mass is 10.0. The minimum Gasteiger partial charge on any atom is -0.352 e. The van der Waals surface area contributed by atoms with E-state index in [1.807, 2.05) is 12.1 Å². The van der Waals surface area contributed by atoms with E-state index in [2.05, 4.69) is 24.4 Å². The quantitative estimate of drug-likeness (QED) is 0.830. The monoisotopic (exact) mass is 246 g/mol. The molecule has 0 saturated heterocycles. The Morgan fingerprint density at radius 2 is 2.00 bits per heavy atom. The van der Waals surface area contributed by atoms with Gasteiger partial charge in [-0.15, -0.1) is 0 Å². The van der Waals surface area contributed by atoms with Crippen LogP contribution in [0.3, 0.4) is 0 Å². The SMILES string of the molecule is CCCC(CN)NC(=O)C1Cc2ccccc2C1. The van der Waals surface area contributed by atoms with E-state index in [1.165, 1.54) is 11.1 Å². The van der Waals surface area contributed by atoms with Crippen LogP contribution in [0.1, 0.15) is 30.9 Å². The van der Waals surface area contributed by atoms with Gasteiger partial charge < -0.3 is 11.1 Å². The fraction of sp³-hybridized carbons (Fsp3) is 0.533. The first kappa shape index (κ1) is 13.1. The third-order valence-corrected chi connectivity index (χ3v) is 3.69. The summed E-state index contributed by atoms with van der Waals surface area (Å²) in [5.74, 6) is 0.253. The summed E-state index contributed by atoms with van der Waals surface area (Å²) in [4.78, 5) is 12.2. The Labute approximate surface area is 109 Å². The van der Waals surface area contributed by atoms with Crippen molar-refractivity contribution in [3.05, 3.63) is 35.4 Å². The fourth-order valence-corrected chi connectivity index (χ4v) is 2.66. The predicted octanol–water partition coefficient (Wildman–Crippen LogP) is 1.65. The van der Waals surface area contributed by atoms with Gasteiger partial charge >= 0.3 is 0 Å². The second-order valence-electron chi connectivity index (χ2n) is 5.10. The lowest BCUT2D eigenvalue weighted by molar-refractivity contribution is -0.125. The third kappa shape index (κ3) is 2.91. The molecule has 3 N–H and O–H groups in total. The average Bonchev–Trinajstić information content (AvgIpc) is 2.82. The van der Waals surface area contributed by atoms with Crippen LogP contribution in [-0.4, -0.2) is 18.5 Å². The zero-order valence-corrected chi connectivity index (χ0v) is 11.0. The number of carbonyl (C=O) groups excluding carboxylic acids is 1. The average molecular weight is 246 g/mol. The summed E-state index contributed by atoms with van der Waals surface area (Å²) in [5, 5.41) is 3.08. The molecule has 1 aliphatic carbocycles. The molecule has 1 aromatic rings. The van der Waals surface area contributed by atoms with Gasteiger partial charge in [0, 0.05) is 18.5 Å². The number of carbonyl (C=O) groups is 1. The molecule has 0 aliphatic heterocycles. The largest absolute Gasteiger partial charge is 0.352 e. The molecular weight excluding hydrogens is 224 g/mol. The van der Waals surface area contributed by atoms with Crippen molar-refractivity contribution >= 4 is 5.91 Å². The van der Waals surface area contributed by atoms with E-state index < -0.39 is 0 Å². The van der Waals surface area contributed by atoms with Gasteiger partial charge in [-0.1, -0.05) is 37.6 Å². The van der Waals surface area contributed by atoms with Crippen LogP contribution in [0, 0.1) is 5.92 Å². The highest BCUT2D eigenvalue weighted by Crippen LogP contribution is 2.26. The minimum absolute atomic E-state index is 0.0910. The fourth-order valence-electron chi connectivity index (χ4n) is 2.66. The Hall–Kier alpha value is -1.35. The summed E-state index contributed by atoms with van der Waals surface area (Å²) in [6.45, 7) is 2.64. The molecule has 0 spiro atoms. The highest BCUT2D eigenvalue weighted by Gasteiger charge is 2.27. The van der Waals surface area contributed by atoms with Gasteiger partial charge in [-0.2, -0.15) is 0 Å². The van der Waals surface area contributed by atoms with Crippen LogP contribution in [0.2, 0.25) is 0 Å². The van der Waals surface area contributed by atoms with Crippen LogP contribution in [0.25, 0.3) is 0 Å². The highest BCUT2D eigenvalue weighted by atomic mass is 16.1. The van der Waals surface area contributed by atoms with Gasteiger partial charge in [0.1, 0.15) is 0 Å². The molecule has 0 bridgehead atoms. The molecule has 1 aliphatic rings. The van der Waals surface area contributed by atoms with E-state index in [4.69, 9.17) is 5.73 Å². The van der Waals surface area contributed by atoms with Gasteiger partial charge in [0.2, 0.25) is 5.91 Å². The molecule has 0 aromatic heterocycles. The summed E-state index contributed by atoms with van der Waals surface area (Å²) < 4.78 is 0. The van der Waals surface area contributed by atoms with Gasteiger partial charge in [-0.3, -0.25) is 4.79 Å². The number of benzene rings is 1. The minimum atomic E-state index is 0.0910. The normalized spacial score (nSPS) is 16.3. The molecule has 3 nitrogen and oxygen atoms in total. The van der Waals surface area contributed by atoms with E-state index in [9.17, 15) is 4.79 Å². The van der Waals surface area contributed by atoms with Crippen LogP contribution >= 0.6 is 0 Å². The molecule has 0 radical (unpaired) electrons. The first-order chi connectivity index (χ1) is 8.74. The van der Waals surface area contributed by atoms with Gasteiger partial charge in [0.15, 0.2) is 0 Å². The lowest BCUT2D eigenvalue weighted by Gasteiger charge is -2.18. The first-order valence-electron chi connectivity index (χ1n) is 6.81. The number of nitrogens with two attached hydrogens (primary N) is 1. The summed E-state index contributed by atoms with van der Waals surface area (Å²) in [7, 11) is 0. The standard InChI is InChI=1S/C15H22N2O/c1-2-5-14(10-16)17-15(18)13-8-11-6-3-4-7-12(11)9-13/h3-4,6-7,13-14H,2,5,8-10,16H2,1H3,(H,17,18). The molecule has 98 valence electrons. The van der Waals surface area contributed by atoms with Crippen LogP contribution in [0.5, 0.6) is 0 Å². The van der Waals surface area contributed by atoms with Crippen molar-refractivity contribution in [1.29, 1.82) is 0 Å². The Kier molecular flexibility index (Phi) is 4.37. The maximum absolute atomic E-state index is 12.2. The molecule has 18 heavy (non-hydrogen) atoms. The van der Waals surface area contributed by atoms with E-state index in [1.54, 1.807) is 0 Å². The lowest BCUT2D eigenvalue weighted by Crippen LogP contribution is -2.43. The molecule has 1 atom stereocenters. The van der Waals surface area contributed by atoms with Crippen molar-refractivity contribution in [3.63, 3.8) is 0 Å². The Morgan fingerprint density at radius 1 is 1.39 bits per heavy atom. The molecular formula is C15H22N2O. The number of hydrogen-bond acceptors (Lipinski definition) is 2. The molecule has 2 rings (SSSR count). The Balaban J connectivity index is 1.92. The van der Waals surface area contributed by atoms with Crippen LogP contribution < -0.4 is 11.1 Å². The van der Waals surface area contributed by atoms with Crippen LogP contribution in [-0.2, 0) is 17.6 Å². The van der Waals surface area contributed by atoms with E-state index >= 15 is 0 Å². The number of hydrogen-bond donors (Lipinski definition) is 2. The van der Waals surface area contributed by atoms with Crippen molar-refractivity contribution in [1.82, 2.24) is 5.32 Å². The molecule has 1 unspecified atom stereocenters. The van der Waals surface area contributed by atoms with E-state index in [-0.39, 0.29) is 17.9 Å². The predicted molar refractivity (Wildman–Crippen MR) is 73.2 cm³/mol. The molecule has 0 fully saturated rings. The van der Waals surface area contributed by atoms with Crippen molar-refractivity contribution < 1.29 is 4.79 Å². The molecule has 1 aromatic carbocycles. The molecule has 1 amide bonds. The van der Waals surface area contributed by atoms with E-state index in [0.717, 1.165) is 25.7 Å². The zero-order valence-electron chi connectivity index (χ0n) is 11.0. The summed E-state index contributed by atoms with van der Waals surface area (Å²) in [6.07, 6.45) is 3.74. The summed E-state index contributed by atoms with van der Waals surface area (Å²) >= 11 is 0. The van der Waals surface area contributed by atoms with Gasteiger partial charge in [0.25, 0.3) is 0 Å². The number of amides is 1. The summed E-state index contributed by atoms with van der Waals surface area (Å²) in [6, 6.07) is 8.45. The number of nitrogens with one attached hydrogen (secondary N) is 1. The van der Waals surface area contributed by atoms with Crippen molar-refractivity contribution in [2.75, 3.05) is 6.54 Å². The third-order valence-electron chi connectivity index (χ3n) is 3.69. The van der Waals surface area contributed by atoms with Gasteiger partial charge in [-0.05, 0) is 30.4 Å².